The number of nitrogens with one attached hydrogen (secondary N) is 1. The maximum atomic E-state index is 12.9. The second kappa shape index (κ2) is 11.3. The van der Waals surface area contributed by atoms with Gasteiger partial charge in [0.2, 0.25) is 0 Å². The monoisotopic (exact) mass is 431 g/mol. The molecule has 0 bridgehead atoms. The molecule has 0 aliphatic carbocycles. The summed E-state index contributed by atoms with van der Waals surface area (Å²) in [6.45, 7) is 4.39. The SMILES string of the molecule is CCOC(=O)N1CCC(N(CCCOC)C(=O)Nc2ccc(Cl)c(Cl)c2)CC1. The van der Waals surface area contributed by atoms with E-state index in [1.807, 2.05) is 4.90 Å². The highest BCUT2D eigenvalue weighted by Crippen LogP contribution is 2.26. The molecular weight excluding hydrogens is 405 g/mol. The molecule has 1 saturated heterocycles. The van der Waals surface area contributed by atoms with E-state index in [0.717, 1.165) is 6.42 Å². The van der Waals surface area contributed by atoms with Gasteiger partial charge in [-0.15, -0.1) is 0 Å². The number of hydrogen-bond acceptors (Lipinski definition) is 4. The van der Waals surface area contributed by atoms with Crippen LogP contribution in [-0.4, -0.2) is 67.9 Å². The number of nitrogens with zero attached hydrogens (tertiary/aromatic N) is 2. The van der Waals surface area contributed by atoms with Gasteiger partial charge in [0.05, 0.1) is 16.7 Å². The van der Waals surface area contributed by atoms with Crippen molar-refractivity contribution < 1.29 is 19.1 Å². The number of methoxy groups -OCH3 is 1. The van der Waals surface area contributed by atoms with Crippen molar-refractivity contribution in [2.24, 2.45) is 0 Å². The van der Waals surface area contributed by atoms with Crippen LogP contribution in [0.1, 0.15) is 26.2 Å². The standard InChI is InChI=1S/C19H27Cl2N3O4/c1-3-28-19(26)23-10-7-15(8-11-23)24(9-4-12-27-2)18(25)22-14-5-6-16(20)17(21)13-14/h5-6,13,15H,3-4,7-12H2,1-2H3,(H,22,25). The molecule has 1 aromatic carbocycles. The number of benzene rings is 1. The average Bonchev–Trinajstić information content (AvgIpc) is 2.68. The van der Waals surface area contributed by atoms with Gasteiger partial charge in [-0.3, -0.25) is 0 Å². The van der Waals surface area contributed by atoms with Crippen molar-refractivity contribution >= 4 is 41.0 Å². The van der Waals surface area contributed by atoms with E-state index in [9.17, 15) is 9.59 Å². The van der Waals surface area contributed by atoms with Gasteiger partial charge in [-0.05, 0) is 44.4 Å². The van der Waals surface area contributed by atoms with Crippen LogP contribution in [0, 0.1) is 0 Å². The number of halogens is 2. The van der Waals surface area contributed by atoms with Crippen LogP contribution < -0.4 is 5.32 Å². The molecule has 0 spiro atoms. The van der Waals surface area contributed by atoms with Gasteiger partial charge in [0.1, 0.15) is 0 Å². The van der Waals surface area contributed by atoms with Gasteiger partial charge in [-0.1, -0.05) is 23.2 Å². The quantitative estimate of drug-likeness (QED) is 0.645. The summed E-state index contributed by atoms with van der Waals surface area (Å²) < 4.78 is 10.2. The second-order valence-electron chi connectivity index (χ2n) is 6.52. The molecule has 1 aliphatic heterocycles. The van der Waals surface area contributed by atoms with Gasteiger partial charge >= 0.3 is 12.1 Å². The largest absolute Gasteiger partial charge is 0.450 e. The Kier molecular flexibility index (Phi) is 9.15. The molecule has 0 aromatic heterocycles. The van der Waals surface area contributed by atoms with E-state index in [1.165, 1.54) is 0 Å². The predicted octanol–water partition coefficient (Wildman–Crippen LogP) is 4.48. The Bertz CT molecular complexity index is 667. The Labute approximate surface area is 175 Å². The van der Waals surface area contributed by atoms with Crippen molar-refractivity contribution in [3.63, 3.8) is 0 Å². The molecule has 2 rings (SSSR count). The number of amides is 3. The molecule has 0 radical (unpaired) electrons. The molecule has 0 saturated carbocycles. The topological polar surface area (TPSA) is 71.1 Å². The molecular formula is C19H27Cl2N3O4. The van der Waals surface area contributed by atoms with E-state index in [2.05, 4.69) is 5.32 Å². The Balaban J connectivity index is 2.01. The predicted molar refractivity (Wildman–Crippen MR) is 110 cm³/mol. The summed E-state index contributed by atoms with van der Waals surface area (Å²) in [5.74, 6) is 0. The minimum Gasteiger partial charge on any atom is -0.450 e. The zero-order valence-electron chi connectivity index (χ0n) is 16.2. The highest BCUT2D eigenvalue weighted by atomic mass is 35.5. The van der Waals surface area contributed by atoms with E-state index in [1.54, 1.807) is 37.1 Å². The number of piperidine rings is 1. The number of carbonyl (C=O) groups excluding carboxylic acids is 2. The van der Waals surface area contributed by atoms with Crippen LogP contribution in [0.4, 0.5) is 15.3 Å². The molecule has 9 heteroatoms. The molecule has 28 heavy (non-hydrogen) atoms. The molecule has 3 amide bonds. The summed E-state index contributed by atoms with van der Waals surface area (Å²) in [5, 5.41) is 3.70. The van der Waals surface area contributed by atoms with Gasteiger partial charge < -0.3 is 24.6 Å². The van der Waals surface area contributed by atoms with E-state index in [0.29, 0.717) is 61.4 Å². The van der Waals surface area contributed by atoms with Crippen LogP contribution in [0.25, 0.3) is 0 Å². The summed E-state index contributed by atoms with van der Waals surface area (Å²) in [4.78, 5) is 28.3. The van der Waals surface area contributed by atoms with Gasteiger partial charge in [0, 0.05) is 45.1 Å². The zero-order chi connectivity index (χ0) is 20.5. The third kappa shape index (κ3) is 6.43. The fourth-order valence-electron chi connectivity index (χ4n) is 3.17. The molecule has 1 aromatic rings. The smallest absolute Gasteiger partial charge is 0.409 e. The fraction of sp³-hybridized carbons (Fsp3) is 0.579. The number of anilines is 1. The van der Waals surface area contributed by atoms with Crippen LogP contribution >= 0.6 is 23.2 Å². The lowest BCUT2D eigenvalue weighted by atomic mass is 10.0. The van der Waals surface area contributed by atoms with Crippen LogP contribution in [-0.2, 0) is 9.47 Å². The first-order valence-corrected chi connectivity index (χ1v) is 10.1. The Morgan fingerprint density at radius 1 is 1.25 bits per heavy atom. The summed E-state index contributed by atoms with van der Waals surface area (Å²) in [6, 6.07) is 4.81. The molecule has 0 unspecified atom stereocenters. The average molecular weight is 432 g/mol. The van der Waals surface area contributed by atoms with Crippen LogP contribution in [0.2, 0.25) is 10.0 Å². The van der Waals surface area contributed by atoms with E-state index in [4.69, 9.17) is 32.7 Å². The summed E-state index contributed by atoms with van der Waals surface area (Å²) in [5.41, 5.74) is 0.583. The summed E-state index contributed by atoms with van der Waals surface area (Å²) >= 11 is 12.0. The van der Waals surface area contributed by atoms with Gasteiger partial charge in [0.15, 0.2) is 0 Å². The van der Waals surface area contributed by atoms with E-state index < -0.39 is 0 Å². The van der Waals surface area contributed by atoms with Gasteiger partial charge in [-0.2, -0.15) is 0 Å². The molecule has 1 heterocycles. The Hall–Kier alpha value is -1.70. The maximum absolute atomic E-state index is 12.9. The van der Waals surface area contributed by atoms with Gasteiger partial charge in [0.25, 0.3) is 0 Å². The van der Waals surface area contributed by atoms with Crippen molar-refractivity contribution in [3.8, 4) is 0 Å². The minimum absolute atomic E-state index is 0.0327. The van der Waals surface area contributed by atoms with Crippen molar-refractivity contribution in [1.82, 2.24) is 9.80 Å². The van der Waals surface area contributed by atoms with Gasteiger partial charge in [-0.25, -0.2) is 9.59 Å². The number of hydrogen-bond donors (Lipinski definition) is 1. The lowest BCUT2D eigenvalue weighted by Crippen LogP contribution is -2.50. The molecule has 1 N–H and O–H groups in total. The number of rotatable bonds is 7. The molecule has 0 atom stereocenters. The summed E-state index contributed by atoms with van der Waals surface area (Å²) in [6.07, 6.45) is 1.82. The Morgan fingerprint density at radius 2 is 1.96 bits per heavy atom. The normalized spacial score (nSPS) is 14.6. The zero-order valence-corrected chi connectivity index (χ0v) is 17.8. The first-order chi connectivity index (χ1) is 13.5. The first-order valence-electron chi connectivity index (χ1n) is 9.39. The Morgan fingerprint density at radius 3 is 2.57 bits per heavy atom. The van der Waals surface area contributed by atoms with E-state index in [-0.39, 0.29) is 18.2 Å². The number of ether oxygens (including phenoxy) is 2. The first kappa shape index (κ1) is 22.6. The number of likely N-dealkylation sites (tertiary alicyclic amines) is 1. The van der Waals surface area contributed by atoms with Crippen molar-refractivity contribution in [2.75, 3.05) is 45.3 Å². The second-order valence-corrected chi connectivity index (χ2v) is 7.33. The molecule has 156 valence electrons. The summed E-state index contributed by atoms with van der Waals surface area (Å²) in [7, 11) is 1.64. The number of carbonyl (C=O) groups is 2. The van der Waals surface area contributed by atoms with Crippen LogP contribution in [0.15, 0.2) is 18.2 Å². The lowest BCUT2D eigenvalue weighted by Gasteiger charge is -2.38. The maximum Gasteiger partial charge on any atom is 0.409 e. The van der Waals surface area contributed by atoms with Crippen molar-refractivity contribution in [1.29, 1.82) is 0 Å². The van der Waals surface area contributed by atoms with E-state index >= 15 is 0 Å². The highest BCUT2D eigenvalue weighted by Gasteiger charge is 2.30. The van der Waals surface area contributed by atoms with Crippen molar-refractivity contribution in [2.45, 2.75) is 32.2 Å². The van der Waals surface area contributed by atoms with Crippen LogP contribution in [0.3, 0.4) is 0 Å². The minimum atomic E-state index is -0.299. The fourth-order valence-corrected chi connectivity index (χ4v) is 3.47. The van der Waals surface area contributed by atoms with Crippen LogP contribution in [0.5, 0.6) is 0 Å². The third-order valence-electron chi connectivity index (χ3n) is 4.61. The lowest BCUT2D eigenvalue weighted by molar-refractivity contribution is 0.0809. The molecule has 1 aliphatic rings. The molecule has 7 nitrogen and oxygen atoms in total. The number of urea groups is 1. The molecule has 1 fully saturated rings. The third-order valence-corrected chi connectivity index (χ3v) is 5.35. The van der Waals surface area contributed by atoms with Crippen molar-refractivity contribution in [3.05, 3.63) is 28.2 Å². The highest BCUT2D eigenvalue weighted by molar-refractivity contribution is 6.42.